The molecule has 2 nitrogen and oxygen atoms in total. The van der Waals surface area contributed by atoms with Crippen molar-refractivity contribution in [3.63, 3.8) is 0 Å². The Morgan fingerprint density at radius 2 is 1.86 bits per heavy atom. The highest BCUT2D eigenvalue weighted by molar-refractivity contribution is 7.11. The first kappa shape index (κ1) is 14.2. The Morgan fingerprint density at radius 1 is 1.10 bits per heavy atom. The number of benzene rings is 2. The van der Waals surface area contributed by atoms with E-state index in [-0.39, 0.29) is 0 Å². The van der Waals surface area contributed by atoms with E-state index in [0.717, 1.165) is 17.1 Å². The van der Waals surface area contributed by atoms with Gasteiger partial charge in [0.15, 0.2) is 0 Å². The number of fused-ring (bicyclic) bond motifs is 1. The van der Waals surface area contributed by atoms with Gasteiger partial charge in [-0.2, -0.15) is 0 Å². The van der Waals surface area contributed by atoms with Gasteiger partial charge in [-0.25, -0.2) is 4.98 Å². The molecule has 108 valence electrons. The molecule has 0 saturated carbocycles. The van der Waals surface area contributed by atoms with Gasteiger partial charge < -0.3 is 5.73 Å². The highest BCUT2D eigenvalue weighted by atomic mass is 32.1. The van der Waals surface area contributed by atoms with E-state index in [1.807, 2.05) is 0 Å². The van der Waals surface area contributed by atoms with E-state index < -0.39 is 0 Å². The molecule has 0 saturated heterocycles. The maximum Gasteiger partial charge on any atom is 0.0975 e. The van der Waals surface area contributed by atoms with Gasteiger partial charge in [0.05, 0.1) is 10.7 Å². The topological polar surface area (TPSA) is 38.9 Å². The van der Waals surface area contributed by atoms with Crippen LogP contribution in [0.5, 0.6) is 0 Å². The van der Waals surface area contributed by atoms with E-state index in [0.29, 0.717) is 12.5 Å². The Labute approximate surface area is 129 Å². The molecule has 3 rings (SSSR count). The zero-order valence-electron chi connectivity index (χ0n) is 12.5. The molecule has 21 heavy (non-hydrogen) atoms. The molecule has 1 aromatic heterocycles. The lowest BCUT2D eigenvalue weighted by atomic mass is 10.0. The van der Waals surface area contributed by atoms with Gasteiger partial charge in [-0.15, -0.1) is 11.3 Å². The molecule has 3 heteroatoms. The fourth-order valence-electron chi connectivity index (χ4n) is 2.70. The summed E-state index contributed by atoms with van der Waals surface area (Å²) in [5.74, 6) is 0.432. The average Bonchev–Trinajstić information content (AvgIpc) is 2.91. The Balaban J connectivity index is 1.99. The van der Waals surface area contributed by atoms with Crippen molar-refractivity contribution >= 4 is 22.1 Å². The normalized spacial score (nSPS) is 11.4. The summed E-state index contributed by atoms with van der Waals surface area (Å²) in [5.41, 5.74) is 8.35. The summed E-state index contributed by atoms with van der Waals surface area (Å²) in [7, 11) is 0. The molecular weight excluding hydrogens is 276 g/mol. The first-order chi connectivity index (χ1) is 10.2. The van der Waals surface area contributed by atoms with Crippen molar-refractivity contribution in [2.45, 2.75) is 32.7 Å². The second kappa shape index (κ2) is 5.96. The van der Waals surface area contributed by atoms with E-state index in [1.54, 1.807) is 11.3 Å². The van der Waals surface area contributed by atoms with Crippen LogP contribution in [0.1, 0.15) is 40.9 Å². The van der Waals surface area contributed by atoms with Gasteiger partial charge in [0, 0.05) is 17.8 Å². The predicted molar refractivity (Wildman–Crippen MR) is 90.8 cm³/mol. The van der Waals surface area contributed by atoms with Crippen LogP contribution in [0.2, 0.25) is 0 Å². The lowest BCUT2D eigenvalue weighted by Crippen LogP contribution is -1.99. The van der Waals surface area contributed by atoms with Crippen LogP contribution in [0.15, 0.2) is 42.5 Å². The van der Waals surface area contributed by atoms with Crippen molar-refractivity contribution in [3.8, 4) is 0 Å². The summed E-state index contributed by atoms with van der Waals surface area (Å²) >= 11 is 1.76. The summed E-state index contributed by atoms with van der Waals surface area (Å²) in [6.07, 6.45) is 0.881. The molecular formula is C18H20N2S. The van der Waals surface area contributed by atoms with E-state index in [1.165, 1.54) is 21.2 Å². The van der Waals surface area contributed by atoms with Gasteiger partial charge in [0.2, 0.25) is 0 Å². The summed E-state index contributed by atoms with van der Waals surface area (Å²) in [6.45, 7) is 4.94. The maximum atomic E-state index is 5.86. The van der Waals surface area contributed by atoms with Crippen LogP contribution in [-0.2, 0) is 13.0 Å². The molecule has 0 aliphatic carbocycles. The summed E-state index contributed by atoms with van der Waals surface area (Å²) in [5, 5.41) is 3.76. The molecule has 0 unspecified atom stereocenters. The quantitative estimate of drug-likeness (QED) is 0.771. The standard InChI is InChI=1S/C18H20N2S/c1-12(2)18-16(11-19)21-17(20-18)10-14-8-5-7-13-6-3-4-9-15(13)14/h3-9,12H,10-11,19H2,1-2H3. The van der Waals surface area contributed by atoms with Crippen LogP contribution in [0, 0.1) is 0 Å². The third kappa shape index (κ3) is 2.85. The number of hydrogen-bond donors (Lipinski definition) is 1. The number of nitrogens with zero attached hydrogens (tertiary/aromatic N) is 1. The van der Waals surface area contributed by atoms with Gasteiger partial charge in [0.25, 0.3) is 0 Å². The smallest absolute Gasteiger partial charge is 0.0975 e. The molecule has 0 aliphatic heterocycles. The summed E-state index contributed by atoms with van der Waals surface area (Å²) < 4.78 is 0. The number of rotatable bonds is 4. The molecule has 1 heterocycles. The molecule has 0 radical (unpaired) electrons. The molecule has 0 bridgehead atoms. The van der Waals surface area contributed by atoms with Crippen molar-refractivity contribution in [1.82, 2.24) is 4.98 Å². The lowest BCUT2D eigenvalue weighted by Gasteiger charge is -2.04. The van der Waals surface area contributed by atoms with Crippen LogP contribution in [0.3, 0.4) is 0 Å². The summed E-state index contributed by atoms with van der Waals surface area (Å²) in [6, 6.07) is 15.0. The fourth-order valence-corrected chi connectivity index (χ4v) is 3.82. The van der Waals surface area contributed by atoms with E-state index in [2.05, 4.69) is 56.3 Å². The van der Waals surface area contributed by atoms with Crippen LogP contribution in [0.25, 0.3) is 10.8 Å². The predicted octanol–water partition coefficient (Wildman–Crippen LogP) is 4.47. The highest BCUT2D eigenvalue weighted by Gasteiger charge is 2.14. The van der Waals surface area contributed by atoms with Gasteiger partial charge in [-0.3, -0.25) is 0 Å². The van der Waals surface area contributed by atoms with Crippen molar-refractivity contribution in [2.75, 3.05) is 0 Å². The first-order valence-corrected chi connectivity index (χ1v) is 8.16. The second-order valence-electron chi connectivity index (χ2n) is 5.59. The van der Waals surface area contributed by atoms with Crippen LogP contribution in [-0.4, -0.2) is 4.98 Å². The lowest BCUT2D eigenvalue weighted by molar-refractivity contribution is 0.806. The minimum atomic E-state index is 0.432. The number of thiazole rings is 1. The largest absolute Gasteiger partial charge is 0.326 e. The Bertz CT molecular complexity index is 754. The second-order valence-corrected chi connectivity index (χ2v) is 6.76. The minimum Gasteiger partial charge on any atom is -0.326 e. The van der Waals surface area contributed by atoms with Crippen LogP contribution < -0.4 is 5.73 Å². The fraction of sp³-hybridized carbons (Fsp3) is 0.278. The Morgan fingerprint density at radius 3 is 2.57 bits per heavy atom. The zero-order valence-corrected chi connectivity index (χ0v) is 13.3. The molecule has 0 atom stereocenters. The summed E-state index contributed by atoms with van der Waals surface area (Å²) in [4.78, 5) is 6.04. The van der Waals surface area contributed by atoms with Gasteiger partial charge in [-0.05, 0) is 22.3 Å². The van der Waals surface area contributed by atoms with Crippen molar-refractivity contribution < 1.29 is 0 Å². The molecule has 3 aromatic rings. The third-order valence-corrected chi connectivity index (χ3v) is 4.82. The molecule has 0 spiro atoms. The third-order valence-electron chi connectivity index (χ3n) is 3.73. The highest BCUT2D eigenvalue weighted by Crippen LogP contribution is 2.28. The minimum absolute atomic E-state index is 0.432. The molecule has 2 N–H and O–H groups in total. The van der Waals surface area contributed by atoms with E-state index in [4.69, 9.17) is 10.7 Å². The first-order valence-electron chi connectivity index (χ1n) is 7.34. The SMILES string of the molecule is CC(C)c1nc(Cc2cccc3ccccc23)sc1CN. The molecule has 0 aliphatic rings. The average molecular weight is 296 g/mol. The van der Waals surface area contributed by atoms with Crippen LogP contribution >= 0.6 is 11.3 Å². The number of hydrogen-bond acceptors (Lipinski definition) is 3. The van der Waals surface area contributed by atoms with E-state index >= 15 is 0 Å². The number of nitrogens with two attached hydrogens (primary N) is 1. The van der Waals surface area contributed by atoms with Gasteiger partial charge >= 0.3 is 0 Å². The van der Waals surface area contributed by atoms with Gasteiger partial charge in [0.1, 0.15) is 0 Å². The maximum absolute atomic E-state index is 5.86. The van der Waals surface area contributed by atoms with Gasteiger partial charge in [-0.1, -0.05) is 56.3 Å². The zero-order chi connectivity index (χ0) is 14.8. The molecule has 0 fully saturated rings. The van der Waals surface area contributed by atoms with Crippen molar-refractivity contribution in [2.24, 2.45) is 5.73 Å². The van der Waals surface area contributed by atoms with Crippen LogP contribution in [0.4, 0.5) is 0 Å². The number of aromatic nitrogens is 1. The van der Waals surface area contributed by atoms with Crippen molar-refractivity contribution in [1.29, 1.82) is 0 Å². The monoisotopic (exact) mass is 296 g/mol. The Hall–Kier alpha value is -1.71. The van der Waals surface area contributed by atoms with E-state index in [9.17, 15) is 0 Å². The molecule has 2 aromatic carbocycles. The Kier molecular flexibility index (Phi) is 4.04. The molecule has 0 amide bonds. The van der Waals surface area contributed by atoms with Crippen molar-refractivity contribution in [3.05, 3.63) is 63.6 Å².